The third kappa shape index (κ3) is 2.09. The van der Waals surface area contributed by atoms with Crippen LogP contribution in [0.3, 0.4) is 0 Å². The van der Waals surface area contributed by atoms with E-state index in [9.17, 15) is 4.79 Å². The SMILES string of the molecule is Nc1ccc2nc(NC3CCC(=O)NC3)oc2c1. The third-order valence-electron chi connectivity index (χ3n) is 3.01. The van der Waals surface area contributed by atoms with Crippen LogP contribution in [0.5, 0.6) is 0 Å². The number of benzene rings is 1. The Morgan fingerprint density at radius 2 is 2.39 bits per heavy atom. The van der Waals surface area contributed by atoms with Crippen molar-refractivity contribution >= 4 is 28.7 Å². The first-order chi connectivity index (χ1) is 8.70. The standard InChI is InChI=1S/C12H14N4O2/c13-7-1-3-9-10(5-7)18-12(16-9)15-8-2-4-11(17)14-6-8/h1,3,5,8H,2,4,6,13H2,(H,14,17)(H,15,16). The Kier molecular flexibility index (Phi) is 2.55. The number of nitrogens with zero attached hydrogens (tertiary/aromatic N) is 1. The van der Waals surface area contributed by atoms with Gasteiger partial charge in [-0.2, -0.15) is 4.98 Å². The summed E-state index contributed by atoms with van der Waals surface area (Å²) in [6, 6.07) is 5.98. The number of piperidine rings is 1. The van der Waals surface area contributed by atoms with E-state index in [-0.39, 0.29) is 11.9 Å². The molecule has 1 unspecified atom stereocenters. The molecule has 1 aliphatic rings. The van der Waals surface area contributed by atoms with Crippen LogP contribution < -0.4 is 16.4 Å². The first kappa shape index (κ1) is 10.9. The molecule has 1 amide bonds. The topological polar surface area (TPSA) is 93.2 Å². The zero-order valence-corrected chi connectivity index (χ0v) is 9.77. The van der Waals surface area contributed by atoms with Crippen LogP contribution in [0.4, 0.5) is 11.7 Å². The maximum absolute atomic E-state index is 11.0. The number of carbonyl (C=O) groups is 1. The zero-order chi connectivity index (χ0) is 12.5. The Hall–Kier alpha value is -2.24. The van der Waals surface area contributed by atoms with Gasteiger partial charge in [-0.25, -0.2) is 0 Å². The van der Waals surface area contributed by atoms with Crippen molar-refractivity contribution in [2.24, 2.45) is 0 Å². The summed E-state index contributed by atoms with van der Waals surface area (Å²) in [5, 5.41) is 5.98. The molecule has 0 spiro atoms. The van der Waals surface area contributed by atoms with Crippen molar-refractivity contribution in [3.8, 4) is 0 Å². The van der Waals surface area contributed by atoms with Crippen molar-refractivity contribution in [2.75, 3.05) is 17.6 Å². The van der Waals surface area contributed by atoms with E-state index >= 15 is 0 Å². The summed E-state index contributed by atoms with van der Waals surface area (Å²) >= 11 is 0. The molecule has 2 aromatic rings. The first-order valence-corrected chi connectivity index (χ1v) is 5.90. The summed E-state index contributed by atoms with van der Waals surface area (Å²) in [6.07, 6.45) is 1.32. The number of hydrogen-bond donors (Lipinski definition) is 3. The van der Waals surface area contributed by atoms with E-state index in [0.29, 0.717) is 30.3 Å². The molecule has 1 fully saturated rings. The van der Waals surface area contributed by atoms with Crippen LogP contribution in [0.25, 0.3) is 11.1 Å². The van der Waals surface area contributed by atoms with Gasteiger partial charge in [-0.1, -0.05) is 0 Å². The Balaban J connectivity index is 1.76. The Morgan fingerprint density at radius 1 is 1.50 bits per heavy atom. The van der Waals surface area contributed by atoms with Crippen molar-refractivity contribution in [1.29, 1.82) is 0 Å². The maximum Gasteiger partial charge on any atom is 0.295 e. The molecule has 1 saturated heterocycles. The first-order valence-electron chi connectivity index (χ1n) is 5.90. The van der Waals surface area contributed by atoms with Gasteiger partial charge in [0.25, 0.3) is 6.01 Å². The van der Waals surface area contributed by atoms with Gasteiger partial charge in [0.2, 0.25) is 5.91 Å². The van der Waals surface area contributed by atoms with Gasteiger partial charge in [0.05, 0.1) is 0 Å². The Labute approximate surface area is 104 Å². The molecule has 0 radical (unpaired) electrons. The lowest BCUT2D eigenvalue weighted by atomic mass is 10.1. The molecule has 18 heavy (non-hydrogen) atoms. The number of nitrogens with one attached hydrogen (secondary N) is 2. The molecule has 0 bridgehead atoms. The Bertz CT molecular complexity index is 583. The lowest BCUT2D eigenvalue weighted by Crippen LogP contribution is -2.41. The minimum absolute atomic E-state index is 0.0957. The van der Waals surface area contributed by atoms with Gasteiger partial charge < -0.3 is 20.8 Å². The average molecular weight is 246 g/mol. The molecule has 1 aliphatic heterocycles. The summed E-state index contributed by atoms with van der Waals surface area (Å²) in [6.45, 7) is 0.597. The largest absolute Gasteiger partial charge is 0.423 e. The molecular weight excluding hydrogens is 232 g/mol. The van der Waals surface area contributed by atoms with Crippen LogP contribution >= 0.6 is 0 Å². The van der Waals surface area contributed by atoms with Crippen LogP contribution in [-0.2, 0) is 4.79 Å². The number of nitrogens with two attached hydrogens (primary N) is 1. The molecule has 0 saturated carbocycles. The van der Waals surface area contributed by atoms with Crippen LogP contribution in [0.1, 0.15) is 12.8 Å². The second-order valence-electron chi connectivity index (χ2n) is 4.43. The maximum atomic E-state index is 11.0. The zero-order valence-electron chi connectivity index (χ0n) is 9.77. The van der Waals surface area contributed by atoms with Gasteiger partial charge in [0, 0.05) is 30.8 Å². The fourth-order valence-corrected chi connectivity index (χ4v) is 2.03. The van der Waals surface area contributed by atoms with Crippen LogP contribution in [0.2, 0.25) is 0 Å². The van der Waals surface area contributed by atoms with Crippen molar-refractivity contribution in [2.45, 2.75) is 18.9 Å². The highest BCUT2D eigenvalue weighted by molar-refractivity contribution is 5.78. The predicted octanol–water partition coefficient (Wildman–Crippen LogP) is 1.10. The van der Waals surface area contributed by atoms with E-state index in [4.69, 9.17) is 10.2 Å². The Morgan fingerprint density at radius 3 is 3.17 bits per heavy atom. The number of fused-ring (bicyclic) bond motifs is 1. The normalized spacial score (nSPS) is 19.8. The monoisotopic (exact) mass is 246 g/mol. The summed E-state index contributed by atoms with van der Waals surface area (Å²) in [7, 11) is 0. The molecule has 6 heteroatoms. The fourth-order valence-electron chi connectivity index (χ4n) is 2.03. The van der Waals surface area contributed by atoms with Crippen molar-refractivity contribution in [1.82, 2.24) is 10.3 Å². The number of nitrogen functional groups attached to an aromatic ring is 1. The number of aromatic nitrogens is 1. The van der Waals surface area contributed by atoms with E-state index in [0.717, 1.165) is 11.9 Å². The summed E-state index contributed by atoms with van der Waals surface area (Å²) in [5.41, 5.74) is 7.76. The van der Waals surface area contributed by atoms with Gasteiger partial charge >= 0.3 is 0 Å². The lowest BCUT2D eigenvalue weighted by Gasteiger charge is -2.22. The minimum atomic E-state index is 0.0957. The van der Waals surface area contributed by atoms with Crippen LogP contribution in [0.15, 0.2) is 22.6 Å². The van der Waals surface area contributed by atoms with E-state index < -0.39 is 0 Å². The highest BCUT2D eigenvalue weighted by Gasteiger charge is 2.19. The summed E-state index contributed by atoms with van der Waals surface area (Å²) in [5.74, 6) is 0.0957. The molecule has 1 aromatic heterocycles. The highest BCUT2D eigenvalue weighted by atomic mass is 16.4. The average Bonchev–Trinajstić information content (AvgIpc) is 2.73. The van der Waals surface area contributed by atoms with E-state index in [1.54, 1.807) is 12.1 Å². The van der Waals surface area contributed by atoms with E-state index in [2.05, 4.69) is 15.6 Å². The smallest absolute Gasteiger partial charge is 0.295 e. The van der Waals surface area contributed by atoms with Gasteiger partial charge in [-0.05, 0) is 18.6 Å². The van der Waals surface area contributed by atoms with Gasteiger partial charge in [-0.15, -0.1) is 0 Å². The summed E-state index contributed by atoms with van der Waals surface area (Å²) in [4.78, 5) is 15.4. The predicted molar refractivity (Wildman–Crippen MR) is 68.1 cm³/mol. The molecule has 0 aliphatic carbocycles. The number of amides is 1. The number of hydrogen-bond acceptors (Lipinski definition) is 5. The van der Waals surface area contributed by atoms with E-state index in [1.165, 1.54) is 0 Å². The third-order valence-corrected chi connectivity index (χ3v) is 3.01. The summed E-state index contributed by atoms with van der Waals surface area (Å²) < 4.78 is 5.56. The van der Waals surface area contributed by atoms with Gasteiger partial charge in [-0.3, -0.25) is 4.79 Å². The van der Waals surface area contributed by atoms with Crippen LogP contribution in [-0.4, -0.2) is 23.5 Å². The second kappa shape index (κ2) is 4.21. The van der Waals surface area contributed by atoms with Crippen molar-refractivity contribution in [3.05, 3.63) is 18.2 Å². The van der Waals surface area contributed by atoms with E-state index in [1.807, 2.05) is 6.07 Å². The molecular formula is C12H14N4O2. The highest BCUT2D eigenvalue weighted by Crippen LogP contribution is 2.22. The molecule has 1 atom stereocenters. The van der Waals surface area contributed by atoms with Crippen molar-refractivity contribution in [3.63, 3.8) is 0 Å². The van der Waals surface area contributed by atoms with Gasteiger partial charge in [0.15, 0.2) is 5.58 Å². The number of rotatable bonds is 2. The second-order valence-corrected chi connectivity index (χ2v) is 4.43. The minimum Gasteiger partial charge on any atom is -0.423 e. The van der Waals surface area contributed by atoms with Gasteiger partial charge in [0.1, 0.15) is 5.52 Å². The number of anilines is 2. The number of carbonyl (C=O) groups excluding carboxylic acids is 1. The number of oxazole rings is 1. The molecule has 4 N–H and O–H groups in total. The van der Waals surface area contributed by atoms with Crippen molar-refractivity contribution < 1.29 is 9.21 Å². The quantitative estimate of drug-likeness (QED) is 0.690. The fraction of sp³-hybridized carbons (Fsp3) is 0.333. The molecule has 1 aromatic carbocycles. The molecule has 94 valence electrons. The molecule has 3 rings (SSSR count). The molecule has 6 nitrogen and oxygen atoms in total. The van der Waals surface area contributed by atoms with Crippen LogP contribution in [0, 0.1) is 0 Å². The lowest BCUT2D eigenvalue weighted by molar-refractivity contribution is -0.122. The molecule has 2 heterocycles.